The van der Waals surface area contributed by atoms with Crippen LogP contribution >= 0.6 is 0 Å². The molecule has 0 saturated carbocycles. The molecule has 0 aliphatic heterocycles. The second-order valence-corrected chi connectivity index (χ2v) is 18.8. The summed E-state index contributed by atoms with van der Waals surface area (Å²) >= 11 is 0. The maximum absolute atomic E-state index is 12.9. The Hall–Kier alpha value is -4.45. The van der Waals surface area contributed by atoms with Crippen LogP contribution in [0.5, 0.6) is 0 Å². The van der Waals surface area contributed by atoms with E-state index in [4.69, 9.17) is 14.2 Å². The normalized spacial score (nSPS) is 13.1. The molecular formula is C66H106O6. The molecular weight excluding hydrogens is 889 g/mol. The summed E-state index contributed by atoms with van der Waals surface area (Å²) in [4.78, 5) is 38.1. The second-order valence-electron chi connectivity index (χ2n) is 18.8. The van der Waals surface area contributed by atoms with Crippen LogP contribution in [0.4, 0.5) is 0 Å². The van der Waals surface area contributed by atoms with E-state index in [1.807, 2.05) is 0 Å². The molecule has 6 nitrogen and oxygen atoms in total. The predicted molar refractivity (Wildman–Crippen MR) is 311 cm³/mol. The summed E-state index contributed by atoms with van der Waals surface area (Å²) in [5.41, 5.74) is 0. The third-order valence-electron chi connectivity index (χ3n) is 11.9. The van der Waals surface area contributed by atoms with Gasteiger partial charge in [-0.1, -0.05) is 244 Å². The Labute approximate surface area is 443 Å². The Bertz CT molecular complexity index is 1560. The van der Waals surface area contributed by atoms with Gasteiger partial charge in [0.05, 0.1) is 0 Å². The number of hydrogen-bond donors (Lipinski definition) is 0. The fourth-order valence-corrected chi connectivity index (χ4v) is 7.59. The zero-order valence-corrected chi connectivity index (χ0v) is 46.4. The lowest BCUT2D eigenvalue weighted by Gasteiger charge is -2.18. The van der Waals surface area contributed by atoms with Crippen molar-refractivity contribution in [1.29, 1.82) is 0 Å². The minimum Gasteiger partial charge on any atom is -0.462 e. The molecule has 0 rings (SSSR count). The minimum absolute atomic E-state index is 0.0972. The van der Waals surface area contributed by atoms with Crippen LogP contribution in [0, 0.1) is 0 Å². The molecule has 406 valence electrons. The Morgan fingerprint density at radius 1 is 0.292 bits per heavy atom. The SMILES string of the molecule is CC/C=C\C/C=C\C/C=C\C/C=C\C/C=C\C/C=C\CCCCCCC(=O)OCC(COC(=O)CCCCCCCCCCCC)OC(=O)CCCCCCC/C=C\C/C=C\C/C=C\C/C=C\C/C=C\CC. The molecule has 0 aromatic rings. The number of esters is 3. The van der Waals surface area contributed by atoms with Gasteiger partial charge in [-0.3, -0.25) is 14.4 Å². The summed E-state index contributed by atoms with van der Waals surface area (Å²) in [5, 5.41) is 0. The van der Waals surface area contributed by atoms with Gasteiger partial charge in [0.25, 0.3) is 0 Å². The molecule has 0 N–H and O–H groups in total. The molecule has 0 saturated heterocycles. The summed E-state index contributed by atoms with van der Waals surface area (Å²) in [6.07, 6.45) is 83.0. The summed E-state index contributed by atoms with van der Waals surface area (Å²) in [5.74, 6) is -0.947. The number of allylic oxidation sites excluding steroid dienone is 22. The van der Waals surface area contributed by atoms with E-state index in [1.54, 1.807) is 0 Å². The lowest BCUT2D eigenvalue weighted by molar-refractivity contribution is -0.167. The monoisotopic (exact) mass is 995 g/mol. The minimum atomic E-state index is -0.803. The molecule has 0 fully saturated rings. The van der Waals surface area contributed by atoms with Crippen molar-refractivity contribution in [2.24, 2.45) is 0 Å². The van der Waals surface area contributed by atoms with Gasteiger partial charge in [0.1, 0.15) is 13.2 Å². The molecule has 0 aliphatic rings. The lowest BCUT2D eigenvalue weighted by Crippen LogP contribution is -2.30. The van der Waals surface area contributed by atoms with E-state index in [-0.39, 0.29) is 31.1 Å². The molecule has 0 bridgehead atoms. The van der Waals surface area contributed by atoms with Crippen LogP contribution in [0.2, 0.25) is 0 Å². The molecule has 0 aliphatic carbocycles. The highest BCUT2D eigenvalue weighted by atomic mass is 16.6. The molecule has 0 heterocycles. The van der Waals surface area contributed by atoms with Crippen molar-refractivity contribution in [3.63, 3.8) is 0 Å². The molecule has 72 heavy (non-hydrogen) atoms. The van der Waals surface area contributed by atoms with E-state index in [0.717, 1.165) is 161 Å². The number of ether oxygens (including phenoxy) is 3. The molecule has 0 aromatic heterocycles. The van der Waals surface area contributed by atoms with Gasteiger partial charge in [0, 0.05) is 19.3 Å². The first-order chi connectivity index (χ1) is 35.5. The maximum atomic E-state index is 12.9. The summed E-state index contributed by atoms with van der Waals surface area (Å²) < 4.78 is 16.8. The van der Waals surface area contributed by atoms with Crippen LogP contribution in [-0.4, -0.2) is 37.2 Å². The van der Waals surface area contributed by atoms with Crippen molar-refractivity contribution in [3.8, 4) is 0 Å². The Balaban J connectivity index is 4.43. The molecule has 1 unspecified atom stereocenters. The van der Waals surface area contributed by atoms with Crippen LogP contribution in [0.25, 0.3) is 0 Å². The Kier molecular flexibility index (Phi) is 55.5. The van der Waals surface area contributed by atoms with Gasteiger partial charge < -0.3 is 14.2 Å². The van der Waals surface area contributed by atoms with Gasteiger partial charge in [-0.15, -0.1) is 0 Å². The van der Waals surface area contributed by atoms with Crippen molar-refractivity contribution < 1.29 is 28.6 Å². The van der Waals surface area contributed by atoms with E-state index < -0.39 is 6.10 Å². The smallest absolute Gasteiger partial charge is 0.306 e. The van der Waals surface area contributed by atoms with Crippen molar-refractivity contribution >= 4 is 17.9 Å². The molecule has 0 spiro atoms. The highest BCUT2D eigenvalue weighted by Crippen LogP contribution is 2.14. The predicted octanol–water partition coefficient (Wildman–Crippen LogP) is 19.8. The lowest BCUT2D eigenvalue weighted by atomic mass is 10.1. The average molecular weight is 996 g/mol. The van der Waals surface area contributed by atoms with Gasteiger partial charge in [0.15, 0.2) is 6.10 Å². The fraction of sp³-hybridized carbons (Fsp3) is 0.621. The highest BCUT2D eigenvalue weighted by molar-refractivity contribution is 5.71. The fourth-order valence-electron chi connectivity index (χ4n) is 7.59. The molecule has 6 heteroatoms. The zero-order valence-electron chi connectivity index (χ0n) is 46.4. The van der Waals surface area contributed by atoms with Gasteiger partial charge in [0.2, 0.25) is 0 Å². The molecule has 1 atom stereocenters. The van der Waals surface area contributed by atoms with Crippen LogP contribution in [0.3, 0.4) is 0 Å². The number of carbonyl (C=O) groups excluding carboxylic acids is 3. The topological polar surface area (TPSA) is 78.9 Å². The van der Waals surface area contributed by atoms with Crippen molar-refractivity contribution in [2.75, 3.05) is 13.2 Å². The number of hydrogen-bond acceptors (Lipinski definition) is 6. The van der Waals surface area contributed by atoms with E-state index in [0.29, 0.717) is 19.3 Å². The van der Waals surface area contributed by atoms with E-state index in [1.165, 1.54) is 44.9 Å². The van der Waals surface area contributed by atoms with Gasteiger partial charge >= 0.3 is 17.9 Å². The Morgan fingerprint density at radius 3 is 0.847 bits per heavy atom. The largest absolute Gasteiger partial charge is 0.462 e. The highest BCUT2D eigenvalue weighted by Gasteiger charge is 2.19. The van der Waals surface area contributed by atoms with Crippen molar-refractivity contribution in [2.45, 2.75) is 252 Å². The third-order valence-corrected chi connectivity index (χ3v) is 11.9. The standard InChI is InChI=1S/C66H106O6/c1-4-7-10-13-16-19-22-24-26-28-30-32-33-35-36-38-40-42-44-47-50-53-56-59-65(68)71-62-63(61-70-64(67)58-55-52-49-46-21-18-15-12-9-6-3)72-66(69)60-57-54-51-48-45-43-41-39-37-34-31-29-27-25-23-20-17-14-11-8-5-2/h7-8,10-11,16-17,19-20,24-27,30-32,34-36,39-42,63H,4-6,9,12-15,18,21-23,28-29,33,37-38,43-62H2,1-3H3/b10-7-,11-8-,19-16-,20-17-,26-24-,27-25-,32-30-,34-31-,36-35-,41-39-,42-40-. The van der Waals surface area contributed by atoms with Gasteiger partial charge in [-0.2, -0.15) is 0 Å². The van der Waals surface area contributed by atoms with Crippen LogP contribution in [-0.2, 0) is 28.6 Å². The van der Waals surface area contributed by atoms with E-state index >= 15 is 0 Å². The summed E-state index contributed by atoms with van der Waals surface area (Å²) in [6, 6.07) is 0. The van der Waals surface area contributed by atoms with Crippen LogP contribution < -0.4 is 0 Å². The zero-order chi connectivity index (χ0) is 52.2. The molecule has 0 radical (unpaired) electrons. The van der Waals surface area contributed by atoms with Crippen molar-refractivity contribution in [1.82, 2.24) is 0 Å². The first-order valence-electron chi connectivity index (χ1n) is 29.2. The number of unbranched alkanes of at least 4 members (excludes halogenated alkanes) is 18. The maximum Gasteiger partial charge on any atom is 0.306 e. The first-order valence-corrected chi connectivity index (χ1v) is 29.2. The molecule has 0 amide bonds. The number of rotatable bonds is 51. The Morgan fingerprint density at radius 2 is 0.542 bits per heavy atom. The first kappa shape index (κ1) is 67.5. The number of carbonyl (C=O) groups is 3. The van der Waals surface area contributed by atoms with Gasteiger partial charge in [-0.25, -0.2) is 0 Å². The molecule has 0 aromatic carbocycles. The average Bonchev–Trinajstić information content (AvgIpc) is 3.38. The van der Waals surface area contributed by atoms with Crippen LogP contribution in [0.15, 0.2) is 134 Å². The summed E-state index contributed by atoms with van der Waals surface area (Å²) in [6.45, 7) is 6.35. The van der Waals surface area contributed by atoms with Crippen LogP contribution in [0.1, 0.15) is 245 Å². The third kappa shape index (κ3) is 56.5. The quantitative estimate of drug-likeness (QED) is 0.0261. The second kappa shape index (κ2) is 59.1. The summed E-state index contributed by atoms with van der Waals surface area (Å²) in [7, 11) is 0. The van der Waals surface area contributed by atoms with E-state index in [9.17, 15) is 14.4 Å². The van der Waals surface area contributed by atoms with E-state index in [2.05, 4.69) is 154 Å². The van der Waals surface area contributed by atoms with Gasteiger partial charge in [-0.05, 0) is 116 Å². The van der Waals surface area contributed by atoms with Crippen molar-refractivity contribution in [3.05, 3.63) is 134 Å².